The third-order valence-electron chi connectivity index (χ3n) is 3.31. The number of nitrogens with zero attached hydrogens (tertiary/aromatic N) is 2. The molecule has 1 aliphatic heterocycles. The van der Waals surface area contributed by atoms with Gasteiger partial charge in [0.1, 0.15) is 5.84 Å². The molecule has 0 atom stereocenters. The maximum Gasteiger partial charge on any atom is 0.340 e. The lowest BCUT2D eigenvalue weighted by atomic mass is 10.2. The van der Waals surface area contributed by atoms with E-state index in [2.05, 4.69) is 26.2 Å². The van der Waals surface area contributed by atoms with Crippen molar-refractivity contribution in [2.24, 2.45) is 4.99 Å². The summed E-state index contributed by atoms with van der Waals surface area (Å²) >= 11 is 3.47. The molecule has 104 valence electrons. The molecule has 1 aliphatic rings. The first kappa shape index (κ1) is 13.2. The fourth-order valence-electron chi connectivity index (χ4n) is 2.38. The molecule has 0 amide bonds. The number of carbonyl (C=O) groups is 1. The third-order valence-corrected chi connectivity index (χ3v) is 3.81. The van der Waals surface area contributed by atoms with Gasteiger partial charge in [-0.25, -0.2) is 4.79 Å². The van der Waals surface area contributed by atoms with E-state index in [1.807, 2.05) is 29.0 Å². The fourth-order valence-corrected chi connectivity index (χ4v) is 2.73. The summed E-state index contributed by atoms with van der Waals surface area (Å²) in [4.78, 5) is 16.3. The van der Waals surface area contributed by atoms with Gasteiger partial charge in [-0.15, -0.1) is 0 Å². The molecule has 2 aromatic rings. The number of rotatable bonds is 3. The number of hydrogen-bond donors (Lipinski definition) is 1. The molecule has 1 aromatic carbocycles. The molecular formula is C14H14BrN3O2. The second-order valence-corrected chi connectivity index (χ2v) is 5.49. The lowest BCUT2D eigenvalue weighted by Crippen LogP contribution is -2.23. The standard InChI is InChI=1S/C14H14BrN3O2/c1-20-14(19)11-7-18(8-13-16-4-5-17-13)12-6-9(15)2-3-10(11)12/h2-3,6-7H,4-5,8H2,1H3,(H,16,17). The van der Waals surface area contributed by atoms with Crippen molar-refractivity contribution >= 4 is 38.6 Å². The number of aromatic nitrogens is 1. The number of fused-ring (bicyclic) bond motifs is 1. The van der Waals surface area contributed by atoms with E-state index in [4.69, 9.17) is 4.74 Å². The summed E-state index contributed by atoms with van der Waals surface area (Å²) in [6, 6.07) is 5.84. The molecule has 0 saturated heterocycles. The molecule has 0 bridgehead atoms. The highest BCUT2D eigenvalue weighted by Crippen LogP contribution is 2.25. The molecule has 1 N–H and O–H groups in total. The highest BCUT2D eigenvalue weighted by Gasteiger charge is 2.17. The van der Waals surface area contributed by atoms with Crippen molar-refractivity contribution in [3.63, 3.8) is 0 Å². The Kier molecular flexibility index (Phi) is 3.48. The predicted octanol–water partition coefficient (Wildman–Crippen LogP) is 2.19. The van der Waals surface area contributed by atoms with Gasteiger partial charge in [0.25, 0.3) is 0 Å². The van der Waals surface area contributed by atoms with Crippen LogP contribution in [0.3, 0.4) is 0 Å². The zero-order valence-corrected chi connectivity index (χ0v) is 12.6. The van der Waals surface area contributed by atoms with Crippen LogP contribution in [0.1, 0.15) is 10.4 Å². The Bertz CT molecular complexity index is 706. The van der Waals surface area contributed by atoms with Gasteiger partial charge in [-0.1, -0.05) is 22.0 Å². The van der Waals surface area contributed by atoms with Gasteiger partial charge in [0.2, 0.25) is 0 Å². The molecule has 5 nitrogen and oxygen atoms in total. The largest absolute Gasteiger partial charge is 0.465 e. The smallest absolute Gasteiger partial charge is 0.340 e. The quantitative estimate of drug-likeness (QED) is 0.875. The van der Waals surface area contributed by atoms with Crippen LogP contribution in [-0.2, 0) is 11.3 Å². The number of esters is 1. The number of carbonyl (C=O) groups excluding carboxylic acids is 1. The lowest BCUT2D eigenvalue weighted by molar-refractivity contribution is 0.0603. The first-order valence-corrected chi connectivity index (χ1v) is 7.12. The topological polar surface area (TPSA) is 55.6 Å². The van der Waals surface area contributed by atoms with Gasteiger partial charge in [0.05, 0.1) is 31.3 Å². The Hall–Kier alpha value is -1.82. The molecule has 3 rings (SSSR count). The molecule has 6 heteroatoms. The summed E-state index contributed by atoms with van der Waals surface area (Å²) in [7, 11) is 1.40. The average Bonchev–Trinajstić information content (AvgIpc) is 3.07. The maximum absolute atomic E-state index is 11.9. The Balaban J connectivity index is 2.10. The van der Waals surface area contributed by atoms with Crippen molar-refractivity contribution in [2.75, 3.05) is 20.2 Å². The van der Waals surface area contributed by atoms with Gasteiger partial charge in [0, 0.05) is 22.6 Å². The van der Waals surface area contributed by atoms with E-state index in [1.165, 1.54) is 7.11 Å². The highest BCUT2D eigenvalue weighted by atomic mass is 79.9. The molecule has 0 saturated carbocycles. The third kappa shape index (κ3) is 2.31. The van der Waals surface area contributed by atoms with E-state index in [9.17, 15) is 4.79 Å². The van der Waals surface area contributed by atoms with Crippen LogP contribution < -0.4 is 5.32 Å². The molecule has 0 fully saturated rings. The Morgan fingerprint density at radius 3 is 3.10 bits per heavy atom. The van der Waals surface area contributed by atoms with Crippen molar-refractivity contribution < 1.29 is 9.53 Å². The molecule has 0 radical (unpaired) electrons. The molecule has 20 heavy (non-hydrogen) atoms. The summed E-state index contributed by atoms with van der Waals surface area (Å²) in [5.41, 5.74) is 1.56. The van der Waals surface area contributed by atoms with Crippen LogP contribution >= 0.6 is 15.9 Å². The second kappa shape index (κ2) is 5.28. The minimum Gasteiger partial charge on any atom is -0.465 e. The fraction of sp³-hybridized carbons (Fsp3) is 0.286. The number of ether oxygens (including phenoxy) is 1. The Morgan fingerprint density at radius 1 is 1.55 bits per heavy atom. The van der Waals surface area contributed by atoms with Crippen LogP contribution in [0.25, 0.3) is 10.9 Å². The van der Waals surface area contributed by atoms with Gasteiger partial charge >= 0.3 is 5.97 Å². The summed E-state index contributed by atoms with van der Waals surface area (Å²) in [6.07, 6.45) is 1.82. The molecular weight excluding hydrogens is 322 g/mol. The van der Waals surface area contributed by atoms with Crippen LogP contribution in [0.2, 0.25) is 0 Å². The minimum absolute atomic E-state index is 0.322. The van der Waals surface area contributed by atoms with Crippen LogP contribution in [-0.4, -0.2) is 36.6 Å². The summed E-state index contributed by atoms with van der Waals surface area (Å²) in [5, 5.41) is 4.13. The summed E-state index contributed by atoms with van der Waals surface area (Å²) in [6.45, 7) is 2.31. The van der Waals surface area contributed by atoms with Gasteiger partial charge in [-0.05, 0) is 12.1 Å². The normalized spacial score (nSPS) is 14.2. The van der Waals surface area contributed by atoms with Crippen LogP contribution in [0.4, 0.5) is 0 Å². The van der Waals surface area contributed by atoms with Crippen molar-refractivity contribution in [2.45, 2.75) is 6.54 Å². The second-order valence-electron chi connectivity index (χ2n) is 4.58. The Labute approximate surface area is 124 Å². The molecule has 0 unspecified atom stereocenters. The highest BCUT2D eigenvalue weighted by molar-refractivity contribution is 9.10. The average molecular weight is 336 g/mol. The zero-order valence-electron chi connectivity index (χ0n) is 11.0. The number of hydrogen-bond acceptors (Lipinski definition) is 4. The first-order valence-electron chi connectivity index (χ1n) is 6.33. The van der Waals surface area contributed by atoms with E-state index in [-0.39, 0.29) is 5.97 Å². The van der Waals surface area contributed by atoms with Crippen molar-refractivity contribution in [1.29, 1.82) is 0 Å². The number of benzene rings is 1. The first-order chi connectivity index (χ1) is 9.69. The van der Waals surface area contributed by atoms with Crippen molar-refractivity contribution in [1.82, 2.24) is 9.88 Å². The minimum atomic E-state index is -0.322. The van der Waals surface area contributed by atoms with E-state index >= 15 is 0 Å². The van der Waals surface area contributed by atoms with E-state index in [1.54, 1.807) is 0 Å². The molecule has 0 spiro atoms. The van der Waals surface area contributed by atoms with Crippen LogP contribution in [0.15, 0.2) is 33.9 Å². The predicted molar refractivity (Wildman–Crippen MR) is 81.3 cm³/mol. The maximum atomic E-state index is 11.9. The molecule has 1 aromatic heterocycles. The number of aliphatic imine (C=N–C) groups is 1. The van der Waals surface area contributed by atoms with E-state index in [0.29, 0.717) is 12.1 Å². The van der Waals surface area contributed by atoms with Crippen molar-refractivity contribution in [3.05, 3.63) is 34.4 Å². The zero-order chi connectivity index (χ0) is 14.1. The number of methoxy groups -OCH3 is 1. The Morgan fingerprint density at radius 2 is 2.40 bits per heavy atom. The van der Waals surface area contributed by atoms with Gasteiger partial charge in [0.15, 0.2) is 0 Å². The number of halogens is 1. The number of nitrogens with one attached hydrogen (secondary N) is 1. The van der Waals surface area contributed by atoms with Gasteiger partial charge in [-0.2, -0.15) is 0 Å². The molecule has 2 heterocycles. The van der Waals surface area contributed by atoms with Gasteiger partial charge < -0.3 is 14.6 Å². The molecule has 0 aliphatic carbocycles. The SMILES string of the molecule is COC(=O)c1cn(CC2=NCCN2)c2cc(Br)ccc12. The summed E-state index contributed by atoms with van der Waals surface area (Å²) in [5.74, 6) is 0.621. The van der Waals surface area contributed by atoms with Crippen molar-refractivity contribution in [3.8, 4) is 0 Å². The van der Waals surface area contributed by atoms with Gasteiger partial charge in [-0.3, -0.25) is 4.99 Å². The van der Waals surface area contributed by atoms with E-state index in [0.717, 1.165) is 34.3 Å². The van der Waals surface area contributed by atoms with Crippen LogP contribution in [0, 0.1) is 0 Å². The number of amidine groups is 1. The van der Waals surface area contributed by atoms with E-state index < -0.39 is 0 Å². The monoisotopic (exact) mass is 335 g/mol. The lowest BCUT2D eigenvalue weighted by Gasteiger charge is -2.06. The summed E-state index contributed by atoms with van der Waals surface area (Å²) < 4.78 is 7.84. The van der Waals surface area contributed by atoms with Crippen LogP contribution in [0.5, 0.6) is 0 Å².